The molecule has 0 aromatic heterocycles. The topological polar surface area (TPSA) is 35.5 Å². The van der Waals surface area contributed by atoms with Gasteiger partial charge in [-0.1, -0.05) is 127 Å². The second-order valence-corrected chi connectivity index (χ2v) is 14.1. The molecule has 0 aliphatic carbocycles. The van der Waals surface area contributed by atoms with E-state index in [4.69, 9.17) is 20.3 Å². The van der Waals surface area contributed by atoms with Crippen LogP contribution in [-0.4, -0.2) is 0 Å². The first-order chi connectivity index (χ1) is 20.0. The van der Waals surface area contributed by atoms with E-state index in [1.54, 1.807) is 0 Å². The maximum Gasteiger partial charge on any atom is 0.530 e. The lowest BCUT2D eigenvalue weighted by Gasteiger charge is -2.15. The Morgan fingerprint density at radius 2 is 0.976 bits per heavy atom. The lowest BCUT2D eigenvalue weighted by atomic mass is 9.90. The van der Waals surface area contributed by atoms with Crippen molar-refractivity contribution in [2.24, 2.45) is 0 Å². The molecule has 0 saturated carbocycles. The van der Waals surface area contributed by atoms with Gasteiger partial charge in [0.15, 0.2) is 0 Å². The van der Waals surface area contributed by atoms with Gasteiger partial charge in [0.1, 0.15) is 11.5 Å². The molecular formula is C36H44ClO3P. The first-order valence-electron chi connectivity index (χ1n) is 15.8. The largest absolute Gasteiger partial charge is 0.530 e. The number of rotatable bonds is 14. The van der Waals surface area contributed by atoms with Crippen molar-refractivity contribution < 1.29 is 13.6 Å². The lowest BCUT2D eigenvalue weighted by Crippen LogP contribution is -1.92. The van der Waals surface area contributed by atoms with E-state index in [0.717, 1.165) is 45.5 Å². The number of fused-ring (bicyclic) bond motifs is 7. The average Bonchev–Trinajstić information content (AvgIpc) is 3.09. The van der Waals surface area contributed by atoms with Crippen LogP contribution in [-0.2, 0) is 17.4 Å². The smallest absolute Gasteiger partial charge is 0.404 e. The van der Waals surface area contributed by atoms with Gasteiger partial charge in [-0.05, 0) is 70.5 Å². The van der Waals surface area contributed by atoms with Gasteiger partial charge in [-0.2, -0.15) is 0 Å². The summed E-state index contributed by atoms with van der Waals surface area (Å²) in [7, 11) is 0. The molecule has 5 rings (SSSR count). The van der Waals surface area contributed by atoms with Crippen LogP contribution in [0.15, 0.2) is 60.7 Å². The monoisotopic (exact) mass is 590 g/mol. The Morgan fingerprint density at radius 1 is 0.561 bits per heavy atom. The van der Waals surface area contributed by atoms with Crippen LogP contribution in [0.1, 0.15) is 102 Å². The molecule has 4 aromatic carbocycles. The number of aryl methyl sites for hydroxylation is 2. The van der Waals surface area contributed by atoms with Crippen molar-refractivity contribution in [3.63, 3.8) is 0 Å². The lowest BCUT2D eigenvalue weighted by molar-refractivity contribution is 0.412. The predicted molar refractivity (Wildman–Crippen MR) is 176 cm³/mol. The van der Waals surface area contributed by atoms with Crippen LogP contribution in [0.5, 0.6) is 11.5 Å². The molecule has 1 aliphatic heterocycles. The summed E-state index contributed by atoms with van der Waals surface area (Å²) in [5.41, 5.74) is 4.49. The van der Waals surface area contributed by atoms with Gasteiger partial charge in [0.25, 0.3) is 0 Å². The normalized spacial score (nSPS) is 13.8. The fourth-order valence-electron chi connectivity index (χ4n) is 6.17. The molecule has 41 heavy (non-hydrogen) atoms. The molecule has 4 aromatic rings. The Morgan fingerprint density at radius 3 is 1.41 bits per heavy atom. The van der Waals surface area contributed by atoms with Crippen LogP contribution in [0.4, 0.5) is 0 Å². The minimum Gasteiger partial charge on any atom is -0.404 e. The van der Waals surface area contributed by atoms with E-state index >= 15 is 0 Å². The van der Waals surface area contributed by atoms with E-state index in [-0.39, 0.29) is 0 Å². The van der Waals surface area contributed by atoms with Crippen molar-refractivity contribution >= 4 is 39.7 Å². The molecule has 1 aliphatic rings. The maximum atomic E-state index is 13.1. The van der Waals surface area contributed by atoms with Crippen LogP contribution in [0.3, 0.4) is 0 Å². The maximum absolute atomic E-state index is 13.1. The first-order valence-corrected chi connectivity index (χ1v) is 18.2. The van der Waals surface area contributed by atoms with Crippen molar-refractivity contribution in [2.45, 2.75) is 104 Å². The van der Waals surface area contributed by atoms with Crippen molar-refractivity contribution in [3.05, 3.63) is 71.8 Å². The van der Waals surface area contributed by atoms with E-state index in [0.29, 0.717) is 11.5 Å². The van der Waals surface area contributed by atoms with Crippen LogP contribution in [0, 0.1) is 0 Å². The number of benzene rings is 4. The van der Waals surface area contributed by atoms with Gasteiger partial charge >= 0.3 is 6.95 Å². The highest BCUT2D eigenvalue weighted by Gasteiger charge is 2.33. The van der Waals surface area contributed by atoms with E-state index in [9.17, 15) is 4.57 Å². The van der Waals surface area contributed by atoms with Crippen molar-refractivity contribution in [3.8, 4) is 22.6 Å². The van der Waals surface area contributed by atoms with Gasteiger partial charge in [-0.3, -0.25) is 0 Å². The van der Waals surface area contributed by atoms with Gasteiger partial charge < -0.3 is 9.05 Å². The molecule has 0 N–H and O–H groups in total. The van der Waals surface area contributed by atoms with Crippen LogP contribution in [0.25, 0.3) is 32.7 Å². The standard InChI is InChI=1S/C36H44ClO3P/c1-3-5-7-9-11-13-15-27-17-21-31-29(25-27)19-23-33-35(31)36-32-22-18-28(16-14-12-10-8-6-4-2)26-30(32)20-24-34(36)40-41(37,38)39-33/h17-26H,3-16H2,1-2H3. The SMILES string of the molecule is CCCCCCCCc1ccc2c3c(ccc2c1)OP(=O)(Cl)Oc1ccc2cc(CCCCCCCC)ccc2c1-3. The number of hydrogen-bond donors (Lipinski definition) is 0. The molecule has 0 atom stereocenters. The molecular weight excluding hydrogens is 547 g/mol. The minimum atomic E-state index is -3.85. The average molecular weight is 591 g/mol. The van der Waals surface area contributed by atoms with Crippen molar-refractivity contribution in [1.29, 1.82) is 0 Å². The molecule has 5 heteroatoms. The zero-order chi connectivity index (χ0) is 28.7. The number of unbranched alkanes of at least 4 members (excludes halogenated alkanes) is 10. The summed E-state index contributed by atoms with van der Waals surface area (Å²) in [6.45, 7) is 0.666. The van der Waals surface area contributed by atoms with E-state index in [1.807, 2.05) is 24.3 Å². The molecule has 3 nitrogen and oxygen atoms in total. The van der Waals surface area contributed by atoms with Crippen LogP contribution >= 0.6 is 18.2 Å². The fraction of sp³-hybridized carbons (Fsp3) is 0.444. The number of hydrogen-bond acceptors (Lipinski definition) is 3. The first kappa shape index (κ1) is 30.0. The third-order valence-electron chi connectivity index (χ3n) is 8.39. The Balaban J connectivity index is 1.46. The van der Waals surface area contributed by atoms with Crippen molar-refractivity contribution in [2.75, 3.05) is 0 Å². The quantitative estimate of drug-likeness (QED) is 0.108. The number of halogens is 1. The highest BCUT2D eigenvalue weighted by Crippen LogP contribution is 2.61. The Labute approximate surface area is 250 Å². The molecule has 0 saturated heterocycles. The molecule has 0 radical (unpaired) electrons. The van der Waals surface area contributed by atoms with E-state index < -0.39 is 6.95 Å². The summed E-state index contributed by atoms with van der Waals surface area (Å²) < 4.78 is 24.8. The molecule has 0 fully saturated rings. The molecule has 1 heterocycles. The molecule has 0 bridgehead atoms. The molecule has 0 unspecified atom stereocenters. The van der Waals surface area contributed by atoms with Gasteiger partial charge in [-0.25, -0.2) is 4.57 Å². The summed E-state index contributed by atoms with van der Waals surface area (Å²) in [5.74, 6) is 1.00. The zero-order valence-electron chi connectivity index (χ0n) is 24.7. The second kappa shape index (κ2) is 14.1. The van der Waals surface area contributed by atoms with E-state index in [2.05, 4.69) is 50.2 Å². The Kier molecular flexibility index (Phi) is 10.3. The summed E-state index contributed by atoms with van der Waals surface area (Å²) >= 11 is 6.30. The highest BCUT2D eigenvalue weighted by atomic mass is 35.7. The zero-order valence-corrected chi connectivity index (χ0v) is 26.4. The Bertz CT molecular complexity index is 1420. The molecule has 218 valence electrons. The van der Waals surface area contributed by atoms with E-state index in [1.165, 1.54) is 88.2 Å². The summed E-state index contributed by atoms with van der Waals surface area (Å²) in [6.07, 6.45) is 17.7. The molecule has 0 amide bonds. The molecule has 0 spiro atoms. The van der Waals surface area contributed by atoms with Crippen molar-refractivity contribution in [1.82, 2.24) is 0 Å². The fourth-order valence-corrected chi connectivity index (χ4v) is 7.43. The third kappa shape index (κ3) is 7.49. The summed E-state index contributed by atoms with van der Waals surface area (Å²) in [5, 5.41) is 4.40. The third-order valence-corrected chi connectivity index (χ3v) is 9.64. The second-order valence-electron chi connectivity index (χ2n) is 11.6. The van der Waals surface area contributed by atoms with Gasteiger partial charge in [0.2, 0.25) is 0 Å². The summed E-state index contributed by atoms with van der Waals surface area (Å²) in [4.78, 5) is 0. The van der Waals surface area contributed by atoms with Gasteiger partial charge in [0, 0.05) is 22.4 Å². The summed E-state index contributed by atoms with van der Waals surface area (Å²) in [6, 6.07) is 21.3. The van der Waals surface area contributed by atoms with Gasteiger partial charge in [-0.15, -0.1) is 0 Å². The van der Waals surface area contributed by atoms with Gasteiger partial charge in [0.05, 0.1) is 0 Å². The minimum absolute atomic E-state index is 0.502. The Hall–Kier alpha value is -2.48. The van der Waals surface area contributed by atoms with Crippen LogP contribution < -0.4 is 9.05 Å². The highest BCUT2D eigenvalue weighted by molar-refractivity contribution is 7.82. The van der Waals surface area contributed by atoms with Crippen LogP contribution in [0.2, 0.25) is 0 Å². The predicted octanol–water partition coefficient (Wildman–Crippen LogP) is 12.6.